The molecule has 0 unspecified atom stereocenters. The molecule has 0 aliphatic carbocycles. The summed E-state index contributed by atoms with van der Waals surface area (Å²) in [6.07, 6.45) is 2.21. The standard InChI is InChI=1S/C14H25N3O/c1-9(2)12(10(3)4)13-16-14(18-17-13)11-5-7-15-8-6-11/h9-12,15H,5-8H2,1-4H3. The van der Waals surface area contributed by atoms with Gasteiger partial charge in [0.2, 0.25) is 5.89 Å². The fourth-order valence-corrected chi connectivity index (χ4v) is 2.98. The number of nitrogens with zero attached hydrogens (tertiary/aromatic N) is 2. The van der Waals surface area contributed by atoms with Gasteiger partial charge in [0.1, 0.15) is 0 Å². The molecule has 1 aromatic heterocycles. The Kier molecular flexibility index (Phi) is 4.38. The molecule has 1 aliphatic rings. The zero-order valence-electron chi connectivity index (χ0n) is 11.9. The number of hydrogen-bond donors (Lipinski definition) is 1. The van der Waals surface area contributed by atoms with Gasteiger partial charge in [0.25, 0.3) is 0 Å². The van der Waals surface area contributed by atoms with Gasteiger partial charge in [-0.15, -0.1) is 0 Å². The lowest BCUT2D eigenvalue weighted by molar-refractivity contribution is 0.307. The van der Waals surface area contributed by atoms with Crippen LogP contribution in [0, 0.1) is 11.8 Å². The Hall–Kier alpha value is -0.900. The van der Waals surface area contributed by atoms with Gasteiger partial charge in [-0.25, -0.2) is 0 Å². The van der Waals surface area contributed by atoms with Crippen LogP contribution in [0.2, 0.25) is 0 Å². The van der Waals surface area contributed by atoms with Crippen LogP contribution < -0.4 is 5.32 Å². The number of aromatic nitrogens is 2. The van der Waals surface area contributed by atoms with Crippen LogP contribution in [-0.2, 0) is 0 Å². The summed E-state index contributed by atoms with van der Waals surface area (Å²) >= 11 is 0. The second kappa shape index (κ2) is 5.83. The van der Waals surface area contributed by atoms with E-state index in [2.05, 4.69) is 43.2 Å². The maximum atomic E-state index is 5.50. The Morgan fingerprint density at radius 2 is 1.72 bits per heavy atom. The van der Waals surface area contributed by atoms with Crippen molar-refractivity contribution >= 4 is 0 Å². The topological polar surface area (TPSA) is 51.0 Å². The van der Waals surface area contributed by atoms with Crippen LogP contribution in [0.15, 0.2) is 4.52 Å². The van der Waals surface area contributed by atoms with Gasteiger partial charge in [-0.05, 0) is 37.8 Å². The first-order chi connectivity index (χ1) is 8.59. The van der Waals surface area contributed by atoms with Gasteiger partial charge in [0, 0.05) is 11.8 Å². The van der Waals surface area contributed by atoms with Gasteiger partial charge in [-0.2, -0.15) is 4.98 Å². The van der Waals surface area contributed by atoms with Crippen LogP contribution >= 0.6 is 0 Å². The molecular formula is C14H25N3O. The van der Waals surface area contributed by atoms with Crippen molar-refractivity contribution in [1.82, 2.24) is 15.5 Å². The first kappa shape index (κ1) is 13.5. The van der Waals surface area contributed by atoms with E-state index < -0.39 is 0 Å². The fourth-order valence-electron chi connectivity index (χ4n) is 2.98. The van der Waals surface area contributed by atoms with Gasteiger partial charge >= 0.3 is 0 Å². The summed E-state index contributed by atoms with van der Waals surface area (Å²) < 4.78 is 5.50. The first-order valence-corrected chi connectivity index (χ1v) is 7.13. The molecule has 0 radical (unpaired) electrons. The smallest absolute Gasteiger partial charge is 0.229 e. The molecule has 2 rings (SSSR count). The van der Waals surface area contributed by atoms with Crippen LogP contribution in [-0.4, -0.2) is 23.2 Å². The molecule has 1 aromatic rings. The molecule has 1 aliphatic heterocycles. The molecule has 0 saturated carbocycles. The van der Waals surface area contributed by atoms with Crippen LogP contribution in [0.5, 0.6) is 0 Å². The molecule has 1 fully saturated rings. The Bertz CT molecular complexity index is 359. The number of hydrogen-bond acceptors (Lipinski definition) is 4. The molecule has 0 spiro atoms. The normalized spacial score (nSPS) is 18.2. The van der Waals surface area contributed by atoms with Crippen molar-refractivity contribution in [2.24, 2.45) is 11.8 Å². The second-order valence-corrected chi connectivity index (χ2v) is 6.03. The van der Waals surface area contributed by atoms with Crippen molar-refractivity contribution in [3.63, 3.8) is 0 Å². The van der Waals surface area contributed by atoms with E-state index in [9.17, 15) is 0 Å². The Morgan fingerprint density at radius 1 is 1.11 bits per heavy atom. The molecule has 2 heterocycles. The molecule has 102 valence electrons. The van der Waals surface area contributed by atoms with Crippen LogP contribution in [0.1, 0.15) is 64.1 Å². The summed E-state index contributed by atoms with van der Waals surface area (Å²) in [7, 11) is 0. The molecule has 4 heteroatoms. The van der Waals surface area contributed by atoms with E-state index >= 15 is 0 Å². The molecule has 0 atom stereocenters. The Balaban J connectivity index is 2.13. The van der Waals surface area contributed by atoms with E-state index in [1.807, 2.05) is 0 Å². The molecule has 0 bridgehead atoms. The fraction of sp³-hybridized carbons (Fsp3) is 0.857. The maximum absolute atomic E-state index is 5.50. The lowest BCUT2D eigenvalue weighted by Crippen LogP contribution is -2.26. The lowest BCUT2D eigenvalue weighted by atomic mass is 9.85. The first-order valence-electron chi connectivity index (χ1n) is 7.13. The number of nitrogens with one attached hydrogen (secondary N) is 1. The quantitative estimate of drug-likeness (QED) is 0.894. The maximum Gasteiger partial charge on any atom is 0.229 e. The minimum Gasteiger partial charge on any atom is -0.339 e. The summed E-state index contributed by atoms with van der Waals surface area (Å²) in [4.78, 5) is 4.67. The second-order valence-electron chi connectivity index (χ2n) is 6.03. The van der Waals surface area contributed by atoms with Gasteiger partial charge in [0.05, 0.1) is 0 Å². The third kappa shape index (κ3) is 2.91. The largest absolute Gasteiger partial charge is 0.339 e. The van der Waals surface area contributed by atoms with Gasteiger partial charge in [0.15, 0.2) is 5.82 Å². The highest BCUT2D eigenvalue weighted by Gasteiger charge is 2.27. The van der Waals surface area contributed by atoms with Crippen LogP contribution in [0.4, 0.5) is 0 Å². The van der Waals surface area contributed by atoms with E-state index in [4.69, 9.17) is 4.52 Å². The summed E-state index contributed by atoms with van der Waals surface area (Å²) in [5.74, 6) is 3.68. The van der Waals surface area contributed by atoms with Crippen molar-refractivity contribution < 1.29 is 4.52 Å². The zero-order valence-corrected chi connectivity index (χ0v) is 11.9. The Labute approximate surface area is 110 Å². The lowest BCUT2D eigenvalue weighted by Gasteiger charge is -2.21. The summed E-state index contributed by atoms with van der Waals surface area (Å²) in [6, 6.07) is 0. The molecular weight excluding hydrogens is 226 g/mol. The average molecular weight is 251 g/mol. The van der Waals surface area contributed by atoms with Crippen molar-refractivity contribution in [3.05, 3.63) is 11.7 Å². The van der Waals surface area contributed by atoms with Crippen molar-refractivity contribution in [2.75, 3.05) is 13.1 Å². The van der Waals surface area contributed by atoms with E-state index in [-0.39, 0.29) is 0 Å². The highest BCUT2D eigenvalue weighted by atomic mass is 16.5. The van der Waals surface area contributed by atoms with E-state index in [0.29, 0.717) is 23.7 Å². The molecule has 1 N–H and O–H groups in total. The minimum absolute atomic E-state index is 0.393. The third-order valence-electron chi connectivity index (χ3n) is 3.88. The summed E-state index contributed by atoms with van der Waals surface area (Å²) in [6.45, 7) is 11.0. The Morgan fingerprint density at radius 3 is 2.28 bits per heavy atom. The molecule has 0 amide bonds. The predicted octanol–water partition coefficient (Wildman–Crippen LogP) is 2.93. The summed E-state index contributed by atoms with van der Waals surface area (Å²) in [5.41, 5.74) is 0. The highest BCUT2D eigenvalue weighted by molar-refractivity contribution is 5.02. The predicted molar refractivity (Wildman–Crippen MR) is 71.6 cm³/mol. The highest BCUT2D eigenvalue weighted by Crippen LogP contribution is 2.31. The van der Waals surface area contributed by atoms with Crippen molar-refractivity contribution in [2.45, 2.75) is 52.4 Å². The van der Waals surface area contributed by atoms with E-state index in [1.165, 1.54) is 0 Å². The number of rotatable bonds is 4. The van der Waals surface area contributed by atoms with Gasteiger partial charge < -0.3 is 9.84 Å². The number of piperidine rings is 1. The molecule has 18 heavy (non-hydrogen) atoms. The van der Waals surface area contributed by atoms with Gasteiger partial charge in [-0.1, -0.05) is 32.9 Å². The minimum atomic E-state index is 0.393. The van der Waals surface area contributed by atoms with Crippen molar-refractivity contribution in [1.29, 1.82) is 0 Å². The zero-order chi connectivity index (χ0) is 13.1. The molecule has 4 nitrogen and oxygen atoms in total. The summed E-state index contributed by atoms with van der Waals surface area (Å²) in [5, 5.41) is 7.59. The SMILES string of the molecule is CC(C)C(c1noc(C2CCNCC2)n1)C(C)C. The monoisotopic (exact) mass is 251 g/mol. The van der Waals surface area contributed by atoms with Crippen LogP contribution in [0.3, 0.4) is 0 Å². The van der Waals surface area contributed by atoms with E-state index in [0.717, 1.165) is 37.6 Å². The van der Waals surface area contributed by atoms with Crippen molar-refractivity contribution in [3.8, 4) is 0 Å². The molecule has 1 saturated heterocycles. The van der Waals surface area contributed by atoms with E-state index in [1.54, 1.807) is 0 Å². The van der Waals surface area contributed by atoms with Crippen LogP contribution in [0.25, 0.3) is 0 Å². The van der Waals surface area contributed by atoms with Gasteiger partial charge in [-0.3, -0.25) is 0 Å². The molecule has 0 aromatic carbocycles. The average Bonchev–Trinajstić information content (AvgIpc) is 2.78. The third-order valence-corrected chi connectivity index (χ3v) is 3.88.